The summed E-state index contributed by atoms with van der Waals surface area (Å²) in [7, 11) is 1.68. The summed E-state index contributed by atoms with van der Waals surface area (Å²) in [5, 5.41) is 0.828. The van der Waals surface area contributed by atoms with Crippen LogP contribution in [0.1, 0.15) is 29.8 Å². The van der Waals surface area contributed by atoms with Gasteiger partial charge in [0, 0.05) is 24.5 Å². The molecular weight excluding hydrogens is 364 g/mol. The summed E-state index contributed by atoms with van der Waals surface area (Å²) in [6.07, 6.45) is 5.68. The third-order valence-corrected chi connectivity index (χ3v) is 4.96. The molecule has 2 aromatic rings. The molecule has 6 nitrogen and oxygen atoms in total. The van der Waals surface area contributed by atoms with Gasteiger partial charge in [-0.15, -0.1) is 11.3 Å². The van der Waals surface area contributed by atoms with Crippen LogP contribution in [0.15, 0.2) is 49.2 Å². The second kappa shape index (κ2) is 11.1. The fraction of sp³-hybridized carbons (Fsp3) is 0.350. The van der Waals surface area contributed by atoms with E-state index in [1.165, 1.54) is 11.0 Å². The molecule has 0 aliphatic rings. The monoisotopic (exact) mass is 388 g/mol. The quantitative estimate of drug-likeness (QED) is 0.344. The number of anilines is 1. The molecule has 0 radical (unpaired) electrons. The van der Waals surface area contributed by atoms with Gasteiger partial charge in [-0.3, -0.25) is 14.7 Å². The lowest BCUT2D eigenvalue weighted by atomic mass is 10.2. The molecule has 0 fully saturated rings. The average molecular weight is 388 g/mol. The van der Waals surface area contributed by atoms with Crippen molar-refractivity contribution in [3.8, 4) is 0 Å². The van der Waals surface area contributed by atoms with Gasteiger partial charge in [-0.05, 0) is 43.5 Å². The SMILES string of the molecule is C=CCOC(=O)N(C)c1ccc(CCCCC(=O)OCc2ccccn2)s1. The Morgan fingerprint density at radius 3 is 2.81 bits per heavy atom. The molecule has 0 atom stereocenters. The van der Waals surface area contributed by atoms with Crippen molar-refractivity contribution >= 4 is 28.4 Å². The van der Waals surface area contributed by atoms with Gasteiger partial charge in [0.25, 0.3) is 0 Å². The van der Waals surface area contributed by atoms with E-state index in [2.05, 4.69) is 11.6 Å². The minimum atomic E-state index is -0.404. The third-order valence-electron chi connectivity index (χ3n) is 3.74. The highest BCUT2D eigenvalue weighted by molar-refractivity contribution is 7.16. The van der Waals surface area contributed by atoms with Crippen molar-refractivity contribution in [2.45, 2.75) is 32.3 Å². The number of carbonyl (C=O) groups is 2. The van der Waals surface area contributed by atoms with Crippen LogP contribution < -0.4 is 4.90 Å². The molecule has 27 heavy (non-hydrogen) atoms. The van der Waals surface area contributed by atoms with Crippen LogP contribution in [0.5, 0.6) is 0 Å². The molecule has 2 heterocycles. The lowest BCUT2D eigenvalue weighted by molar-refractivity contribution is -0.145. The molecular formula is C20H24N2O4S. The first-order valence-electron chi connectivity index (χ1n) is 8.75. The second-order valence-corrected chi connectivity index (χ2v) is 7.00. The molecule has 2 aromatic heterocycles. The Balaban J connectivity index is 1.65. The van der Waals surface area contributed by atoms with Crippen LogP contribution in [0.25, 0.3) is 0 Å². The lowest BCUT2D eigenvalue weighted by Crippen LogP contribution is -2.26. The van der Waals surface area contributed by atoms with Crippen molar-refractivity contribution in [2.75, 3.05) is 18.6 Å². The Labute approximate surface area is 163 Å². The number of hydrogen-bond donors (Lipinski definition) is 0. The molecule has 7 heteroatoms. The summed E-state index contributed by atoms with van der Waals surface area (Å²) in [4.78, 5) is 30.3. The van der Waals surface area contributed by atoms with Crippen molar-refractivity contribution < 1.29 is 19.1 Å². The number of thiophene rings is 1. The van der Waals surface area contributed by atoms with Crippen LogP contribution in [0, 0.1) is 0 Å². The van der Waals surface area contributed by atoms with Gasteiger partial charge >= 0.3 is 12.1 Å². The van der Waals surface area contributed by atoms with Crippen LogP contribution in [-0.2, 0) is 27.3 Å². The standard InChI is InChI=1S/C20H24N2O4S/c1-3-14-25-20(24)22(2)18-12-11-17(27-18)9-4-5-10-19(23)26-15-16-8-6-7-13-21-16/h3,6-8,11-13H,1,4-5,9-10,14-15H2,2H3. The number of carbonyl (C=O) groups excluding carboxylic acids is 2. The number of aromatic nitrogens is 1. The number of esters is 1. The van der Waals surface area contributed by atoms with Crippen molar-refractivity contribution in [3.05, 3.63) is 59.8 Å². The first-order chi connectivity index (χ1) is 13.1. The number of unbranched alkanes of at least 4 members (excludes halogenated alkanes) is 1. The summed E-state index contributed by atoms with van der Waals surface area (Å²) in [6.45, 7) is 3.92. The Morgan fingerprint density at radius 2 is 2.07 bits per heavy atom. The number of aryl methyl sites for hydroxylation is 1. The smallest absolute Gasteiger partial charge is 0.414 e. The molecule has 0 aromatic carbocycles. The predicted molar refractivity (Wildman–Crippen MR) is 106 cm³/mol. The molecule has 0 unspecified atom stereocenters. The van der Waals surface area contributed by atoms with E-state index in [1.807, 2.05) is 30.3 Å². The molecule has 0 spiro atoms. The van der Waals surface area contributed by atoms with Crippen LogP contribution in [-0.4, -0.2) is 30.7 Å². The van der Waals surface area contributed by atoms with E-state index < -0.39 is 6.09 Å². The van der Waals surface area contributed by atoms with Gasteiger partial charge in [0.05, 0.1) is 5.69 Å². The van der Waals surface area contributed by atoms with E-state index in [0.717, 1.165) is 34.8 Å². The van der Waals surface area contributed by atoms with Gasteiger partial charge in [0.15, 0.2) is 0 Å². The molecule has 0 aliphatic heterocycles. The summed E-state index contributed by atoms with van der Waals surface area (Å²) in [5.74, 6) is -0.211. The molecule has 0 saturated carbocycles. The maximum absolute atomic E-state index is 11.8. The molecule has 144 valence electrons. The van der Waals surface area contributed by atoms with Gasteiger partial charge in [0.2, 0.25) is 0 Å². The first-order valence-corrected chi connectivity index (χ1v) is 9.57. The van der Waals surface area contributed by atoms with Gasteiger partial charge in [-0.25, -0.2) is 4.79 Å². The summed E-state index contributed by atoms with van der Waals surface area (Å²) in [6, 6.07) is 9.41. The van der Waals surface area contributed by atoms with Crippen LogP contribution in [0.4, 0.5) is 9.80 Å². The van der Waals surface area contributed by atoms with Crippen molar-refractivity contribution in [1.29, 1.82) is 0 Å². The maximum atomic E-state index is 11.8. The highest BCUT2D eigenvalue weighted by Crippen LogP contribution is 2.27. The molecule has 2 rings (SSSR count). The number of rotatable bonds is 10. The van der Waals surface area contributed by atoms with Crippen LogP contribution in [0.3, 0.4) is 0 Å². The van der Waals surface area contributed by atoms with Gasteiger partial charge < -0.3 is 9.47 Å². The van der Waals surface area contributed by atoms with E-state index in [0.29, 0.717) is 6.42 Å². The van der Waals surface area contributed by atoms with E-state index in [4.69, 9.17) is 9.47 Å². The van der Waals surface area contributed by atoms with E-state index in [-0.39, 0.29) is 19.2 Å². The zero-order valence-electron chi connectivity index (χ0n) is 15.4. The number of nitrogens with zero attached hydrogens (tertiary/aromatic N) is 2. The topological polar surface area (TPSA) is 68.7 Å². The molecule has 0 bridgehead atoms. The molecule has 0 saturated heterocycles. The normalized spacial score (nSPS) is 10.3. The maximum Gasteiger partial charge on any atom is 0.414 e. The first kappa shape index (κ1) is 20.6. The Bertz CT molecular complexity index is 745. The van der Waals surface area contributed by atoms with E-state index in [1.54, 1.807) is 24.6 Å². The van der Waals surface area contributed by atoms with Gasteiger partial charge in [-0.1, -0.05) is 18.7 Å². The summed E-state index contributed by atoms with van der Waals surface area (Å²) < 4.78 is 10.2. The van der Waals surface area contributed by atoms with Crippen molar-refractivity contribution in [3.63, 3.8) is 0 Å². The summed E-state index contributed by atoms with van der Waals surface area (Å²) >= 11 is 1.54. The Kier molecular flexibility index (Phi) is 8.51. The number of amides is 1. The molecule has 0 N–H and O–H groups in total. The number of hydrogen-bond acceptors (Lipinski definition) is 6. The molecule has 1 amide bonds. The second-order valence-electron chi connectivity index (χ2n) is 5.85. The number of pyridine rings is 1. The minimum absolute atomic E-state index is 0.192. The third kappa shape index (κ3) is 7.22. The highest BCUT2D eigenvalue weighted by atomic mass is 32.1. The van der Waals surface area contributed by atoms with E-state index >= 15 is 0 Å². The zero-order chi connectivity index (χ0) is 19.5. The fourth-order valence-corrected chi connectivity index (χ4v) is 3.28. The van der Waals surface area contributed by atoms with Crippen LogP contribution in [0.2, 0.25) is 0 Å². The minimum Gasteiger partial charge on any atom is -0.459 e. The molecule has 0 aliphatic carbocycles. The number of ether oxygens (including phenoxy) is 2. The van der Waals surface area contributed by atoms with Gasteiger partial charge in [0.1, 0.15) is 18.2 Å². The lowest BCUT2D eigenvalue weighted by Gasteiger charge is -2.13. The van der Waals surface area contributed by atoms with E-state index in [9.17, 15) is 9.59 Å². The Morgan fingerprint density at radius 1 is 1.22 bits per heavy atom. The largest absolute Gasteiger partial charge is 0.459 e. The predicted octanol–water partition coefficient (Wildman–Crippen LogP) is 4.36. The Hall–Kier alpha value is -2.67. The van der Waals surface area contributed by atoms with Crippen molar-refractivity contribution in [2.24, 2.45) is 0 Å². The zero-order valence-corrected chi connectivity index (χ0v) is 16.2. The fourth-order valence-electron chi connectivity index (χ4n) is 2.28. The van der Waals surface area contributed by atoms with Crippen molar-refractivity contribution in [1.82, 2.24) is 4.98 Å². The van der Waals surface area contributed by atoms with Crippen LogP contribution >= 0.6 is 11.3 Å². The highest BCUT2D eigenvalue weighted by Gasteiger charge is 2.14. The van der Waals surface area contributed by atoms with Gasteiger partial charge in [-0.2, -0.15) is 0 Å². The average Bonchev–Trinajstić information content (AvgIpc) is 3.17. The summed E-state index contributed by atoms with van der Waals surface area (Å²) in [5.41, 5.74) is 0.743.